The fraction of sp³-hybridized carbons (Fsp3) is 0.789. The van der Waals surface area contributed by atoms with Crippen molar-refractivity contribution in [3.05, 3.63) is 12.4 Å². The molecule has 2 N–H and O–H groups in total. The highest BCUT2D eigenvalue weighted by Gasteiger charge is 2.36. The fourth-order valence-electron chi connectivity index (χ4n) is 4.38. The third-order valence-corrected chi connectivity index (χ3v) is 6.51. The van der Waals surface area contributed by atoms with E-state index in [0.29, 0.717) is 12.0 Å². The van der Waals surface area contributed by atoms with E-state index >= 15 is 0 Å². The molecule has 2 saturated carbocycles. The minimum Gasteiger partial charge on any atom is -0.393 e. The van der Waals surface area contributed by atoms with E-state index in [1.165, 1.54) is 38.5 Å². The summed E-state index contributed by atoms with van der Waals surface area (Å²) < 4.78 is 0. The van der Waals surface area contributed by atoms with Crippen molar-refractivity contribution in [1.82, 2.24) is 9.97 Å². The summed E-state index contributed by atoms with van der Waals surface area (Å²) in [6.07, 6.45) is 10.7. The first-order valence-corrected chi connectivity index (χ1v) is 9.72. The molecular formula is C19H30N4O. The number of anilines is 2. The SMILES string of the molecule is CC(O)C1CCN(c2cc(NC(C3CCC3)C3CCC3)ncn2)C1. The minimum absolute atomic E-state index is 0.240. The van der Waals surface area contributed by atoms with E-state index in [0.717, 1.165) is 43.0 Å². The summed E-state index contributed by atoms with van der Waals surface area (Å²) in [5.41, 5.74) is 0. The molecule has 132 valence electrons. The highest BCUT2D eigenvalue weighted by atomic mass is 16.3. The maximum Gasteiger partial charge on any atom is 0.134 e. The Hall–Kier alpha value is -1.36. The number of aliphatic hydroxyl groups is 1. The van der Waals surface area contributed by atoms with Crippen molar-refractivity contribution in [2.24, 2.45) is 17.8 Å². The van der Waals surface area contributed by atoms with Crippen LogP contribution in [-0.4, -0.2) is 40.3 Å². The summed E-state index contributed by atoms with van der Waals surface area (Å²) in [5.74, 6) is 4.00. The van der Waals surface area contributed by atoms with Crippen LogP contribution in [0.3, 0.4) is 0 Å². The van der Waals surface area contributed by atoms with Gasteiger partial charge in [0.2, 0.25) is 0 Å². The van der Waals surface area contributed by atoms with Crippen molar-refractivity contribution in [3.8, 4) is 0 Å². The van der Waals surface area contributed by atoms with Crippen molar-refractivity contribution in [2.45, 2.75) is 64.0 Å². The molecule has 1 aliphatic heterocycles. The third kappa shape index (κ3) is 3.23. The molecule has 1 aromatic heterocycles. The second-order valence-electron chi connectivity index (χ2n) is 8.05. The van der Waals surface area contributed by atoms with Gasteiger partial charge in [0.25, 0.3) is 0 Å². The van der Waals surface area contributed by atoms with Gasteiger partial charge in [-0.25, -0.2) is 9.97 Å². The summed E-state index contributed by atoms with van der Waals surface area (Å²) >= 11 is 0. The van der Waals surface area contributed by atoms with E-state index < -0.39 is 0 Å². The first-order chi connectivity index (χ1) is 11.7. The largest absolute Gasteiger partial charge is 0.393 e. The molecule has 5 heteroatoms. The van der Waals surface area contributed by atoms with Gasteiger partial charge in [-0.15, -0.1) is 0 Å². The number of nitrogens with zero attached hydrogens (tertiary/aromatic N) is 3. The van der Waals surface area contributed by atoms with Gasteiger partial charge in [-0.2, -0.15) is 0 Å². The van der Waals surface area contributed by atoms with Crippen molar-refractivity contribution in [2.75, 3.05) is 23.3 Å². The van der Waals surface area contributed by atoms with Gasteiger partial charge in [-0.1, -0.05) is 12.8 Å². The Morgan fingerprint density at radius 1 is 1.08 bits per heavy atom. The zero-order chi connectivity index (χ0) is 16.5. The van der Waals surface area contributed by atoms with Crippen LogP contribution in [0.2, 0.25) is 0 Å². The lowest BCUT2D eigenvalue weighted by atomic mass is 9.68. The molecule has 0 bridgehead atoms. The summed E-state index contributed by atoms with van der Waals surface area (Å²) in [5, 5.41) is 13.6. The number of aliphatic hydroxyl groups excluding tert-OH is 1. The maximum absolute atomic E-state index is 9.81. The van der Waals surface area contributed by atoms with E-state index in [9.17, 15) is 5.11 Å². The van der Waals surface area contributed by atoms with Crippen molar-refractivity contribution >= 4 is 11.6 Å². The molecule has 2 heterocycles. The van der Waals surface area contributed by atoms with E-state index in [4.69, 9.17) is 0 Å². The smallest absolute Gasteiger partial charge is 0.134 e. The zero-order valence-electron chi connectivity index (χ0n) is 14.7. The lowest BCUT2D eigenvalue weighted by molar-refractivity contribution is 0.136. The molecule has 0 amide bonds. The number of rotatable bonds is 6. The van der Waals surface area contributed by atoms with Crippen LogP contribution in [0.25, 0.3) is 0 Å². The van der Waals surface area contributed by atoms with E-state index in [-0.39, 0.29) is 6.10 Å². The molecule has 24 heavy (non-hydrogen) atoms. The predicted octanol–water partition coefficient (Wildman–Crippen LogP) is 3.06. The van der Waals surface area contributed by atoms with Crippen LogP contribution >= 0.6 is 0 Å². The fourth-order valence-corrected chi connectivity index (χ4v) is 4.38. The van der Waals surface area contributed by atoms with Crippen LogP contribution < -0.4 is 10.2 Å². The summed E-state index contributed by atoms with van der Waals surface area (Å²) in [6.45, 7) is 3.76. The Bertz CT molecular complexity index is 542. The number of aromatic nitrogens is 2. The van der Waals surface area contributed by atoms with Crippen LogP contribution in [0.15, 0.2) is 12.4 Å². The minimum atomic E-state index is -0.240. The summed E-state index contributed by atoms with van der Waals surface area (Å²) in [6, 6.07) is 2.70. The molecule has 2 aliphatic carbocycles. The predicted molar refractivity (Wildman–Crippen MR) is 96.1 cm³/mol. The summed E-state index contributed by atoms with van der Waals surface area (Å²) in [7, 11) is 0. The molecule has 0 spiro atoms. The van der Waals surface area contributed by atoms with E-state index in [1.54, 1.807) is 6.33 Å². The average molecular weight is 330 g/mol. The Morgan fingerprint density at radius 3 is 2.33 bits per heavy atom. The second kappa shape index (κ2) is 6.87. The van der Waals surface area contributed by atoms with Crippen LogP contribution in [0, 0.1) is 17.8 Å². The highest BCUT2D eigenvalue weighted by Crippen LogP contribution is 2.41. The normalized spacial score (nSPS) is 26.3. The molecule has 1 saturated heterocycles. The van der Waals surface area contributed by atoms with Crippen molar-refractivity contribution in [3.63, 3.8) is 0 Å². The molecule has 1 aromatic rings. The topological polar surface area (TPSA) is 61.3 Å². The molecule has 5 nitrogen and oxygen atoms in total. The monoisotopic (exact) mass is 330 g/mol. The highest BCUT2D eigenvalue weighted by molar-refractivity contribution is 5.49. The van der Waals surface area contributed by atoms with Gasteiger partial charge in [0.05, 0.1) is 6.10 Å². The Morgan fingerprint density at radius 2 is 1.79 bits per heavy atom. The van der Waals surface area contributed by atoms with Gasteiger partial charge in [0.1, 0.15) is 18.0 Å². The van der Waals surface area contributed by atoms with E-state index in [2.05, 4.69) is 26.3 Å². The van der Waals surface area contributed by atoms with Crippen molar-refractivity contribution in [1.29, 1.82) is 0 Å². The standard InChI is InChI=1S/C19H30N4O/c1-13(24)16-8-9-23(11-16)18-10-17(20-12-21-18)22-19(14-4-2-5-14)15-6-3-7-15/h10,12-16,19,24H,2-9,11H2,1H3,(H,20,21,22). The molecule has 0 aromatic carbocycles. The Kier molecular flexibility index (Phi) is 4.61. The number of nitrogens with one attached hydrogen (secondary N) is 1. The van der Waals surface area contributed by atoms with Gasteiger partial charge in [0.15, 0.2) is 0 Å². The van der Waals surface area contributed by atoms with Gasteiger partial charge in [-0.05, 0) is 50.9 Å². The number of hydrogen-bond acceptors (Lipinski definition) is 5. The lowest BCUT2D eigenvalue weighted by Gasteiger charge is -2.43. The Balaban J connectivity index is 1.44. The molecule has 4 rings (SSSR count). The van der Waals surface area contributed by atoms with Gasteiger partial charge < -0.3 is 15.3 Å². The van der Waals surface area contributed by atoms with Crippen LogP contribution in [0.4, 0.5) is 11.6 Å². The second-order valence-corrected chi connectivity index (χ2v) is 8.05. The zero-order valence-corrected chi connectivity index (χ0v) is 14.7. The van der Waals surface area contributed by atoms with Crippen LogP contribution in [-0.2, 0) is 0 Å². The molecule has 2 atom stereocenters. The van der Waals surface area contributed by atoms with Gasteiger partial charge in [-0.3, -0.25) is 0 Å². The number of hydrogen-bond donors (Lipinski definition) is 2. The first kappa shape index (κ1) is 16.1. The van der Waals surface area contributed by atoms with Crippen LogP contribution in [0.1, 0.15) is 51.9 Å². The third-order valence-electron chi connectivity index (χ3n) is 6.51. The first-order valence-electron chi connectivity index (χ1n) is 9.72. The summed E-state index contributed by atoms with van der Waals surface area (Å²) in [4.78, 5) is 11.2. The quantitative estimate of drug-likeness (QED) is 0.839. The van der Waals surface area contributed by atoms with Crippen LogP contribution in [0.5, 0.6) is 0 Å². The van der Waals surface area contributed by atoms with Crippen molar-refractivity contribution < 1.29 is 5.11 Å². The van der Waals surface area contributed by atoms with E-state index in [1.807, 2.05) is 6.92 Å². The van der Waals surface area contributed by atoms with Gasteiger partial charge >= 0.3 is 0 Å². The molecule has 3 aliphatic rings. The lowest BCUT2D eigenvalue weighted by Crippen LogP contribution is -2.42. The molecule has 0 radical (unpaired) electrons. The molecule has 2 unspecified atom stereocenters. The Labute approximate surface area is 144 Å². The molecule has 3 fully saturated rings. The van der Waals surface area contributed by atoms with Gasteiger partial charge in [0, 0.05) is 31.1 Å². The molecular weight excluding hydrogens is 300 g/mol. The maximum atomic E-state index is 9.81. The average Bonchev–Trinajstić information content (AvgIpc) is 2.94.